The second kappa shape index (κ2) is 30.3. The van der Waals surface area contributed by atoms with Gasteiger partial charge in [0, 0.05) is 35.9 Å². The van der Waals surface area contributed by atoms with Gasteiger partial charge in [0.1, 0.15) is 0 Å². The molecule has 0 aromatic carbocycles. The quantitative estimate of drug-likeness (QED) is 0.409. The van der Waals surface area contributed by atoms with Crippen LogP contribution in [-0.2, 0) is 35.9 Å². The first-order valence-electron chi connectivity index (χ1n) is 0.577. The first kappa shape index (κ1) is 19.0. The van der Waals surface area contributed by atoms with E-state index in [0.717, 1.165) is 0 Å². The van der Waals surface area contributed by atoms with E-state index in [-0.39, 0.29) is 35.9 Å². The monoisotopic (exact) mass is 129 g/mol. The van der Waals surface area contributed by atoms with E-state index >= 15 is 0 Å². The van der Waals surface area contributed by atoms with Crippen LogP contribution < -0.4 is 0 Å². The Morgan fingerprint density at radius 1 is 1.25 bits per heavy atom. The van der Waals surface area contributed by atoms with Gasteiger partial charge in [0.15, 0.2) is 0 Å². The summed E-state index contributed by atoms with van der Waals surface area (Å²) in [4.78, 5) is 0. The molecular formula is CH3BCrV. The molecular weight excluding hydrogens is 126 g/mol. The zero-order valence-electron chi connectivity index (χ0n) is 2.43. The first-order valence-corrected chi connectivity index (χ1v) is 0.577. The molecule has 0 atom stereocenters. The Hall–Kier alpha value is 1.18. The summed E-state index contributed by atoms with van der Waals surface area (Å²) in [5.41, 5.74) is 0. The van der Waals surface area contributed by atoms with Crippen molar-refractivity contribution in [3.05, 3.63) is 0 Å². The molecule has 0 nitrogen and oxygen atoms in total. The molecule has 0 rings (SSSR count). The maximum atomic E-state index is 4.50. The third kappa shape index (κ3) is 10.8. The van der Waals surface area contributed by atoms with Gasteiger partial charge in [-0.05, 0) is 0 Å². The molecule has 0 aliphatic carbocycles. The molecule has 0 aromatic heterocycles. The van der Waals surface area contributed by atoms with E-state index in [0.29, 0.717) is 0 Å². The molecule has 0 spiro atoms. The van der Waals surface area contributed by atoms with Gasteiger partial charge in [-0.1, -0.05) is 6.82 Å². The molecule has 0 saturated carbocycles. The molecule has 0 aliphatic rings. The summed E-state index contributed by atoms with van der Waals surface area (Å²) >= 11 is 0. The minimum absolute atomic E-state index is 0. The van der Waals surface area contributed by atoms with Crippen LogP contribution >= 0.6 is 0 Å². The third-order valence-corrected chi connectivity index (χ3v) is 0. The average molecular weight is 129 g/mol. The predicted molar refractivity (Wildman–Crippen MR) is 11.6 cm³/mol. The fraction of sp³-hybridized carbons (Fsp3) is 1.00. The maximum Gasteiger partial charge on any atom is 0.0606 e. The minimum atomic E-state index is 0. The zero-order valence-corrected chi connectivity index (χ0v) is 5.10. The van der Waals surface area contributed by atoms with Crippen LogP contribution in [0.5, 0.6) is 0 Å². The molecule has 3 heteroatoms. The van der Waals surface area contributed by atoms with Crippen molar-refractivity contribution >= 4 is 7.85 Å². The predicted octanol–water partition coefficient (Wildman–Crippen LogP) is 0.198. The third-order valence-electron chi connectivity index (χ3n) is 0. The standard InChI is InChI=1S/CH3B.Cr.V/c1-2;;/h1H3;;. The molecule has 3 radical (unpaired) electrons. The van der Waals surface area contributed by atoms with Crippen molar-refractivity contribution in [1.29, 1.82) is 0 Å². The van der Waals surface area contributed by atoms with Crippen molar-refractivity contribution in [2.24, 2.45) is 0 Å². The van der Waals surface area contributed by atoms with Crippen molar-refractivity contribution < 1.29 is 35.9 Å². The fourth-order valence-electron chi connectivity index (χ4n) is 0. The summed E-state index contributed by atoms with van der Waals surface area (Å²) in [7, 11) is 4.50. The van der Waals surface area contributed by atoms with Crippen molar-refractivity contribution in [3.8, 4) is 0 Å². The summed E-state index contributed by atoms with van der Waals surface area (Å²) < 4.78 is 0. The molecule has 0 amide bonds. The first-order chi connectivity index (χ1) is 1.00. The van der Waals surface area contributed by atoms with Gasteiger partial charge in [0.05, 0.1) is 7.85 Å². The van der Waals surface area contributed by atoms with Crippen LogP contribution in [0.4, 0.5) is 0 Å². The van der Waals surface area contributed by atoms with Crippen molar-refractivity contribution in [2.45, 2.75) is 6.82 Å². The number of hydrogen-bond donors (Lipinski definition) is 0. The van der Waals surface area contributed by atoms with Crippen LogP contribution in [0.25, 0.3) is 0 Å². The molecule has 0 unspecified atom stereocenters. The normalized spacial score (nSPS) is 1.25. The maximum absolute atomic E-state index is 4.50. The minimum Gasteiger partial charge on any atom is -0.0999 e. The van der Waals surface area contributed by atoms with Gasteiger partial charge in [0.25, 0.3) is 0 Å². The number of rotatable bonds is 0. The van der Waals surface area contributed by atoms with Crippen LogP contribution in [-0.4, -0.2) is 7.85 Å². The Labute approximate surface area is 50.8 Å². The van der Waals surface area contributed by atoms with Crippen LogP contribution in [0.1, 0.15) is 0 Å². The van der Waals surface area contributed by atoms with Gasteiger partial charge in [-0.2, -0.15) is 0 Å². The van der Waals surface area contributed by atoms with Gasteiger partial charge in [-0.15, -0.1) is 0 Å². The van der Waals surface area contributed by atoms with Gasteiger partial charge >= 0.3 is 0 Å². The van der Waals surface area contributed by atoms with Crippen LogP contribution in [0, 0.1) is 0 Å². The molecule has 0 bridgehead atoms. The average Bonchev–Trinajstić information content (AvgIpc) is 1.00. The van der Waals surface area contributed by atoms with Crippen LogP contribution in [0.15, 0.2) is 0 Å². The fourth-order valence-corrected chi connectivity index (χ4v) is 0. The van der Waals surface area contributed by atoms with E-state index in [2.05, 4.69) is 7.85 Å². The Bertz CT molecular complexity index is 8.00. The largest absolute Gasteiger partial charge is 0.0999 e. The molecule has 4 heavy (non-hydrogen) atoms. The van der Waals surface area contributed by atoms with E-state index in [1.54, 1.807) is 0 Å². The molecule has 0 fully saturated rings. The second-order valence-corrected chi connectivity index (χ2v) is 0. The summed E-state index contributed by atoms with van der Waals surface area (Å²) in [5.74, 6) is 0. The van der Waals surface area contributed by atoms with E-state index in [4.69, 9.17) is 0 Å². The molecule has 0 heterocycles. The summed E-state index contributed by atoms with van der Waals surface area (Å²) in [6.45, 7) is 1.50. The van der Waals surface area contributed by atoms with Crippen molar-refractivity contribution in [3.63, 3.8) is 0 Å². The molecule has 0 N–H and O–H groups in total. The second-order valence-electron chi connectivity index (χ2n) is 0. The molecule has 21 valence electrons. The van der Waals surface area contributed by atoms with E-state index < -0.39 is 0 Å². The molecule has 0 aromatic rings. The summed E-state index contributed by atoms with van der Waals surface area (Å²) in [5, 5.41) is 0. The summed E-state index contributed by atoms with van der Waals surface area (Å²) in [6.07, 6.45) is 0. The van der Waals surface area contributed by atoms with Crippen LogP contribution in [0.3, 0.4) is 0 Å². The zero-order chi connectivity index (χ0) is 2.00. The topological polar surface area (TPSA) is 0 Å². The molecule has 0 aliphatic heterocycles. The van der Waals surface area contributed by atoms with Gasteiger partial charge in [0.2, 0.25) is 0 Å². The van der Waals surface area contributed by atoms with E-state index in [9.17, 15) is 0 Å². The van der Waals surface area contributed by atoms with Gasteiger partial charge in [-0.25, -0.2) is 0 Å². The molecule has 0 saturated heterocycles. The van der Waals surface area contributed by atoms with Crippen molar-refractivity contribution in [2.75, 3.05) is 0 Å². The van der Waals surface area contributed by atoms with E-state index in [1.807, 2.05) is 0 Å². The smallest absolute Gasteiger partial charge is 0.0606 e. The Kier molecular flexibility index (Phi) is 144. The SMILES string of the molecule is [B]C.[Cr].[V]. The Morgan fingerprint density at radius 2 is 1.25 bits per heavy atom. The van der Waals surface area contributed by atoms with E-state index in [1.165, 1.54) is 6.82 Å². The van der Waals surface area contributed by atoms with Gasteiger partial charge in [-0.3, -0.25) is 0 Å². The van der Waals surface area contributed by atoms with Gasteiger partial charge < -0.3 is 0 Å². The van der Waals surface area contributed by atoms with Crippen LogP contribution in [0.2, 0.25) is 6.82 Å². The summed E-state index contributed by atoms with van der Waals surface area (Å²) in [6, 6.07) is 0. The number of hydrogen-bond acceptors (Lipinski definition) is 0. The Balaban J connectivity index is -0.00000000500. The Morgan fingerprint density at radius 3 is 1.25 bits per heavy atom. The van der Waals surface area contributed by atoms with Crippen molar-refractivity contribution in [1.82, 2.24) is 0 Å².